The third-order valence-electron chi connectivity index (χ3n) is 4.65. The number of nitrogens with zero attached hydrogens (tertiary/aromatic N) is 2. The van der Waals surface area contributed by atoms with Crippen LogP contribution in [-0.4, -0.2) is 56.1 Å². The van der Waals surface area contributed by atoms with E-state index in [1.165, 1.54) is 24.2 Å². The molecule has 1 saturated heterocycles. The maximum atomic E-state index is 3.66. The van der Waals surface area contributed by atoms with Crippen molar-refractivity contribution < 1.29 is 0 Å². The van der Waals surface area contributed by atoms with Gasteiger partial charge in [0.25, 0.3) is 0 Å². The Bertz CT molecular complexity index is 444. The Labute approximate surface area is 130 Å². The van der Waals surface area contributed by atoms with E-state index in [0.29, 0.717) is 12.1 Å². The van der Waals surface area contributed by atoms with Crippen molar-refractivity contribution in [2.75, 3.05) is 40.3 Å². The molecule has 0 amide bonds. The van der Waals surface area contributed by atoms with Gasteiger partial charge in [-0.3, -0.25) is 4.90 Å². The molecule has 118 valence electrons. The lowest BCUT2D eigenvalue weighted by atomic mass is 10.0. The number of likely N-dealkylation sites (tertiary alicyclic amines) is 1. The molecule has 0 saturated carbocycles. The molecule has 0 spiro atoms. The van der Waals surface area contributed by atoms with Gasteiger partial charge in [0.2, 0.25) is 0 Å². The van der Waals surface area contributed by atoms with Crippen LogP contribution in [0.25, 0.3) is 0 Å². The number of nitrogens with one attached hydrogen (secondary N) is 1. The number of rotatable bonds is 6. The number of aryl methyl sites for hydroxylation is 1. The van der Waals surface area contributed by atoms with E-state index < -0.39 is 0 Å². The van der Waals surface area contributed by atoms with Crippen molar-refractivity contribution in [2.45, 2.75) is 32.9 Å². The largest absolute Gasteiger partial charge is 0.309 e. The first-order chi connectivity index (χ1) is 10.0. The van der Waals surface area contributed by atoms with Crippen molar-refractivity contribution in [1.29, 1.82) is 0 Å². The van der Waals surface area contributed by atoms with E-state index in [2.05, 4.69) is 74.2 Å². The Hall–Kier alpha value is -0.900. The summed E-state index contributed by atoms with van der Waals surface area (Å²) in [4.78, 5) is 4.99. The van der Waals surface area contributed by atoms with Crippen molar-refractivity contribution in [1.82, 2.24) is 15.1 Å². The zero-order chi connectivity index (χ0) is 15.4. The van der Waals surface area contributed by atoms with Gasteiger partial charge in [0.05, 0.1) is 0 Å². The van der Waals surface area contributed by atoms with E-state index in [0.717, 1.165) is 19.0 Å². The van der Waals surface area contributed by atoms with Crippen LogP contribution in [0.15, 0.2) is 24.3 Å². The van der Waals surface area contributed by atoms with Crippen LogP contribution in [0, 0.1) is 12.8 Å². The van der Waals surface area contributed by atoms with Crippen LogP contribution >= 0.6 is 0 Å². The molecule has 1 fully saturated rings. The van der Waals surface area contributed by atoms with Crippen LogP contribution in [0.4, 0.5) is 0 Å². The minimum atomic E-state index is 0.433. The number of hydrogen-bond acceptors (Lipinski definition) is 3. The Morgan fingerprint density at radius 3 is 2.67 bits per heavy atom. The van der Waals surface area contributed by atoms with Crippen molar-refractivity contribution >= 4 is 0 Å². The highest BCUT2D eigenvalue weighted by atomic mass is 15.2. The molecule has 0 aromatic heterocycles. The van der Waals surface area contributed by atoms with Gasteiger partial charge in [0, 0.05) is 31.7 Å². The van der Waals surface area contributed by atoms with Crippen LogP contribution in [0.2, 0.25) is 0 Å². The highest BCUT2D eigenvalue weighted by Gasteiger charge is 2.32. The third-order valence-corrected chi connectivity index (χ3v) is 4.65. The Kier molecular flexibility index (Phi) is 5.80. The van der Waals surface area contributed by atoms with Crippen molar-refractivity contribution in [3.8, 4) is 0 Å². The Morgan fingerprint density at radius 1 is 1.33 bits per heavy atom. The highest BCUT2D eigenvalue weighted by molar-refractivity contribution is 5.25. The molecule has 3 atom stereocenters. The fraction of sp³-hybridized carbons (Fsp3) is 0.667. The van der Waals surface area contributed by atoms with Crippen molar-refractivity contribution in [3.63, 3.8) is 0 Å². The third kappa shape index (κ3) is 4.29. The maximum absolute atomic E-state index is 3.66. The second kappa shape index (κ2) is 7.39. The fourth-order valence-electron chi connectivity index (χ4n) is 3.55. The second-order valence-electron chi connectivity index (χ2n) is 6.75. The van der Waals surface area contributed by atoms with Gasteiger partial charge in [0.1, 0.15) is 0 Å². The summed E-state index contributed by atoms with van der Waals surface area (Å²) < 4.78 is 0. The number of benzene rings is 1. The van der Waals surface area contributed by atoms with E-state index in [-0.39, 0.29) is 0 Å². The summed E-state index contributed by atoms with van der Waals surface area (Å²) >= 11 is 0. The molecule has 21 heavy (non-hydrogen) atoms. The maximum Gasteiger partial charge on any atom is 0.0449 e. The SMILES string of the molecule is CCNC(CN1CC(C)C(N(C)C)C1)c1cccc(C)c1. The molecular weight excluding hydrogens is 258 g/mol. The van der Waals surface area contributed by atoms with Crippen LogP contribution < -0.4 is 5.32 Å². The van der Waals surface area contributed by atoms with E-state index in [1.54, 1.807) is 0 Å². The zero-order valence-corrected chi connectivity index (χ0v) is 14.3. The van der Waals surface area contributed by atoms with Gasteiger partial charge in [-0.15, -0.1) is 0 Å². The number of hydrogen-bond donors (Lipinski definition) is 1. The van der Waals surface area contributed by atoms with Crippen LogP contribution in [-0.2, 0) is 0 Å². The fourth-order valence-corrected chi connectivity index (χ4v) is 3.55. The van der Waals surface area contributed by atoms with Crippen molar-refractivity contribution in [3.05, 3.63) is 35.4 Å². The predicted octanol–water partition coefficient (Wildman–Crippen LogP) is 2.53. The summed E-state index contributed by atoms with van der Waals surface area (Å²) in [5.41, 5.74) is 2.76. The molecule has 1 heterocycles. The molecule has 1 aliphatic rings. The molecule has 1 aromatic carbocycles. The first kappa shape index (κ1) is 16.5. The summed E-state index contributed by atoms with van der Waals surface area (Å²) in [5.74, 6) is 0.750. The highest BCUT2D eigenvalue weighted by Crippen LogP contribution is 2.23. The predicted molar refractivity (Wildman–Crippen MR) is 90.7 cm³/mol. The van der Waals surface area contributed by atoms with E-state index in [1.807, 2.05) is 0 Å². The lowest BCUT2D eigenvalue weighted by Crippen LogP contribution is -2.37. The molecule has 3 nitrogen and oxygen atoms in total. The lowest BCUT2D eigenvalue weighted by molar-refractivity contribution is 0.243. The number of likely N-dealkylation sites (N-methyl/N-ethyl adjacent to an activating group) is 2. The molecule has 0 bridgehead atoms. The molecule has 1 N–H and O–H groups in total. The van der Waals surface area contributed by atoms with Crippen LogP contribution in [0.1, 0.15) is 31.0 Å². The molecule has 1 aromatic rings. The normalized spacial score (nSPS) is 24.7. The summed E-state index contributed by atoms with van der Waals surface area (Å²) in [5, 5.41) is 3.66. The van der Waals surface area contributed by atoms with E-state index in [9.17, 15) is 0 Å². The molecule has 0 aliphatic carbocycles. The average molecular weight is 289 g/mol. The smallest absolute Gasteiger partial charge is 0.0449 e. The van der Waals surface area contributed by atoms with Crippen molar-refractivity contribution in [2.24, 2.45) is 5.92 Å². The van der Waals surface area contributed by atoms with E-state index in [4.69, 9.17) is 0 Å². The monoisotopic (exact) mass is 289 g/mol. The summed E-state index contributed by atoms with van der Waals surface area (Å²) in [6, 6.07) is 10.0. The van der Waals surface area contributed by atoms with E-state index >= 15 is 0 Å². The molecule has 1 aliphatic heterocycles. The summed E-state index contributed by atoms with van der Waals surface area (Å²) in [7, 11) is 4.40. The van der Waals surface area contributed by atoms with Gasteiger partial charge < -0.3 is 10.2 Å². The van der Waals surface area contributed by atoms with Gasteiger partial charge in [0.15, 0.2) is 0 Å². The molecular formula is C18H31N3. The summed E-state index contributed by atoms with van der Waals surface area (Å²) in [6.45, 7) is 11.2. The van der Waals surface area contributed by atoms with Gasteiger partial charge in [-0.1, -0.05) is 43.7 Å². The Morgan fingerprint density at radius 2 is 2.10 bits per heavy atom. The molecule has 3 heteroatoms. The van der Waals surface area contributed by atoms with Gasteiger partial charge in [-0.2, -0.15) is 0 Å². The molecule has 2 rings (SSSR count). The summed E-state index contributed by atoms with van der Waals surface area (Å²) in [6.07, 6.45) is 0. The first-order valence-electron chi connectivity index (χ1n) is 8.20. The standard InChI is InChI=1S/C18H31N3/c1-6-19-17(16-9-7-8-14(2)10-16)12-21-11-15(3)18(13-21)20(4)5/h7-10,15,17-19H,6,11-13H2,1-5H3. The quantitative estimate of drug-likeness (QED) is 0.868. The zero-order valence-electron chi connectivity index (χ0n) is 14.3. The lowest BCUT2D eigenvalue weighted by Gasteiger charge is -2.26. The average Bonchev–Trinajstić information content (AvgIpc) is 2.79. The molecule has 3 unspecified atom stereocenters. The minimum Gasteiger partial charge on any atom is -0.309 e. The molecule has 0 radical (unpaired) electrons. The first-order valence-corrected chi connectivity index (χ1v) is 8.20. The Balaban J connectivity index is 2.04. The van der Waals surface area contributed by atoms with Gasteiger partial charge in [-0.05, 0) is 39.0 Å². The van der Waals surface area contributed by atoms with Gasteiger partial charge in [-0.25, -0.2) is 0 Å². The minimum absolute atomic E-state index is 0.433. The van der Waals surface area contributed by atoms with Crippen LogP contribution in [0.5, 0.6) is 0 Å². The van der Waals surface area contributed by atoms with Crippen LogP contribution in [0.3, 0.4) is 0 Å². The van der Waals surface area contributed by atoms with Gasteiger partial charge >= 0.3 is 0 Å². The second-order valence-corrected chi connectivity index (χ2v) is 6.75. The topological polar surface area (TPSA) is 18.5 Å².